The Labute approximate surface area is 74.0 Å². The van der Waals surface area contributed by atoms with E-state index >= 15 is 0 Å². The molecule has 0 bridgehead atoms. The first kappa shape index (κ1) is 9.17. The molecule has 12 heavy (non-hydrogen) atoms. The highest BCUT2D eigenvalue weighted by atomic mass is 15.1. The molecule has 1 aromatic rings. The molecule has 0 aliphatic rings. The van der Waals surface area contributed by atoms with Gasteiger partial charge in [-0.25, -0.2) is 0 Å². The fourth-order valence-electron chi connectivity index (χ4n) is 1.24. The van der Waals surface area contributed by atoms with Gasteiger partial charge in [-0.2, -0.15) is 10.2 Å². The summed E-state index contributed by atoms with van der Waals surface area (Å²) in [6, 6.07) is 4.01. The van der Waals surface area contributed by atoms with Crippen molar-refractivity contribution < 1.29 is 0 Å². The SMILES string of the molecule is CCC(C)(CC)c1cccnn1. The summed E-state index contributed by atoms with van der Waals surface area (Å²) in [5, 5.41) is 8.04. The van der Waals surface area contributed by atoms with Crippen molar-refractivity contribution in [2.24, 2.45) is 0 Å². The fourth-order valence-corrected chi connectivity index (χ4v) is 1.24. The largest absolute Gasteiger partial charge is 0.159 e. The van der Waals surface area contributed by atoms with E-state index in [0.29, 0.717) is 0 Å². The van der Waals surface area contributed by atoms with Gasteiger partial charge in [0.25, 0.3) is 0 Å². The van der Waals surface area contributed by atoms with E-state index in [-0.39, 0.29) is 5.41 Å². The molecule has 0 aromatic carbocycles. The number of aromatic nitrogens is 2. The maximum Gasteiger partial charge on any atom is 0.0689 e. The summed E-state index contributed by atoms with van der Waals surface area (Å²) in [5.41, 5.74) is 1.31. The van der Waals surface area contributed by atoms with Crippen LogP contribution in [0.15, 0.2) is 18.3 Å². The van der Waals surface area contributed by atoms with E-state index in [9.17, 15) is 0 Å². The minimum absolute atomic E-state index is 0.203. The molecule has 0 atom stereocenters. The molecular formula is C10H16N2. The minimum Gasteiger partial charge on any atom is -0.159 e. The molecule has 0 saturated heterocycles. The van der Waals surface area contributed by atoms with Gasteiger partial charge in [0.1, 0.15) is 0 Å². The topological polar surface area (TPSA) is 25.8 Å². The van der Waals surface area contributed by atoms with Crippen LogP contribution in [0.3, 0.4) is 0 Å². The Morgan fingerprint density at radius 2 is 2.00 bits per heavy atom. The molecule has 0 spiro atoms. The molecule has 1 heterocycles. The van der Waals surface area contributed by atoms with Crippen LogP contribution in [0.1, 0.15) is 39.3 Å². The second kappa shape index (κ2) is 3.65. The van der Waals surface area contributed by atoms with Crippen LogP contribution in [0.25, 0.3) is 0 Å². The number of nitrogens with zero attached hydrogens (tertiary/aromatic N) is 2. The Morgan fingerprint density at radius 3 is 2.42 bits per heavy atom. The van der Waals surface area contributed by atoms with Gasteiger partial charge >= 0.3 is 0 Å². The zero-order valence-electron chi connectivity index (χ0n) is 8.04. The highest BCUT2D eigenvalue weighted by Gasteiger charge is 2.23. The van der Waals surface area contributed by atoms with Crippen LogP contribution >= 0.6 is 0 Å². The summed E-state index contributed by atoms with van der Waals surface area (Å²) in [7, 11) is 0. The van der Waals surface area contributed by atoms with Crippen LogP contribution in [0.4, 0.5) is 0 Å². The van der Waals surface area contributed by atoms with Gasteiger partial charge in [-0.3, -0.25) is 0 Å². The van der Waals surface area contributed by atoms with Crippen molar-refractivity contribution in [3.8, 4) is 0 Å². The second-order valence-corrected chi connectivity index (χ2v) is 3.38. The highest BCUT2D eigenvalue weighted by molar-refractivity contribution is 5.12. The molecule has 0 fully saturated rings. The fraction of sp³-hybridized carbons (Fsp3) is 0.600. The van der Waals surface area contributed by atoms with Crippen molar-refractivity contribution in [1.29, 1.82) is 0 Å². The molecular weight excluding hydrogens is 148 g/mol. The quantitative estimate of drug-likeness (QED) is 0.686. The molecule has 1 rings (SSSR count). The van der Waals surface area contributed by atoms with Gasteiger partial charge in [0.15, 0.2) is 0 Å². The van der Waals surface area contributed by atoms with Crippen LogP contribution in [-0.2, 0) is 5.41 Å². The van der Waals surface area contributed by atoms with Crippen LogP contribution < -0.4 is 0 Å². The lowest BCUT2D eigenvalue weighted by Crippen LogP contribution is -2.21. The first-order valence-electron chi connectivity index (χ1n) is 4.51. The van der Waals surface area contributed by atoms with E-state index in [1.54, 1.807) is 6.20 Å². The van der Waals surface area contributed by atoms with E-state index in [4.69, 9.17) is 0 Å². The number of hydrogen-bond donors (Lipinski definition) is 0. The van der Waals surface area contributed by atoms with Crippen molar-refractivity contribution in [1.82, 2.24) is 10.2 Å². The second-order valence-electron chi connectivity index (χ2n) is 3.38. The van der Waals surface area contributed by atoms with Crippen molar-refractivity contribution in [2.45, 2.75) is 39.0 Å². The van der Waals surface area contributed by atoms with Crippen molar-refractivity contribution in [3.05, 3.63) is 24.0 Å². The molecule has 0 aliphatic carbocycles. The summed E-state index contributed by atoms with van der Waals surface area (Å²) in [6.07, 6.45) is 3.94. The average molecular weight is 164 g/mol. The van der Waals surface area contributed by atoms with Gasteiger partial charge in [0.2, 0.25) is 0 Å². The van der Waals surface area contributed by atoms with Crippen molar-refractivity contribution in [2.75, 3.05) is 0 Å². The Bertz CT molecular complexity index is 227. The van der Waals surface area contributed by atoms with E-state index in [0.717, 1.165) is 18.5 Å². The van der Waals surface area contributed by atoms with Gasteiger partial charge in [-0.05, 0) is 25.0 Å². The summed E-state index contributed by atoms with van der Waals surface area (Å²) < 4.78 is 0. The lowest BCUT2D eigenvalue weighted by atomic mass is 9.81. The van der Waals surface area contributed by atoms with Gasteiger partial charge in [-0.1, -0.05) is 20.8 Å². The monoisotopic (exact) mass is 164 g/mol. The molecule has 0 aliphatic heterocycles. The summed E-state index contributed by atoms with van der Waals surface area (Å²) >= 11 is 0. The smallest absolute Gasteiger partial charge is 0.0689 e. The first-order chi connectivity index (χ1) is 5.73. The highest BCUT2D eigenvalue weighted by Crippen LogP contribution is 2.28. The predicted octanol–water partition coefficient (Wildman–Crippen LogP) is 2.55. The van der Waals surface area contributed by atoms with Gasteiger partial charge in [0.05, 0.1) is 5.69 Å². The van der Waals surface area contributed by atoms with E-state index in [1.807, 2.05) is 6.07 Å². The molecule has 2 heteroatoms. The molecule has 0 radical (unpaired) electrons. The van der Waals surface area contributed by atoms with Crippen LogP contribution in [0.2, 0.25) is 0 Å². The third-order valence-corrected chi connectivity index (χ3v) is 2.75. The standard InChI is InChI=1S/C10H16N2/c1-4-10(3,5-2)9-7-6-8-11-12-9/h6-8H,4-5H2,1-3H3. The van der Waals surface area contributed by atoms with Crippen molar-refractivity contribution in [3.63, 3.8) is 0 Å². The molecule has 0 amide bonds. The Balaban J connectivity index is 2.95. The van der Waals surface area contributed by atoms with Gasteiger partial charge < -0.3 is 0 Å². The third-order valence-electron chi connectivity index (χ3n) is 2.75. The van der Waals surface area contributed by atoms with E-state index < -0.39 is 0 Å². The van der Waals surface area contributed by atoms with Crippen LogP contribution in [-0.4, -0.2) is 10.2 Å². The summed E-state index contributed by atoms with van der Waals surface area (Å²) in [4.78, 5) is 0. The molecule has 0 N–H and O–H groups in total. The third kappa shape index (κ3) is 1.63. The Hall–Kier alpha value is -0.920. The van der Waals surface area contributed by atoms with E-state index in [2.05, 4.69) is 37.0 Å². The van der Waals surface area contributed by atoms with Gasteiger partial charge in [0, 0.05) is 11.6 Å². The summed E-state index contributed by atoms with van der Waals surface area (Å²) in [5.74, 6) is 0. The molecule has 2 nitrogen and oxygen atoms in total. The normalized spacial score (nSPS) is 11.6. The summed E-state index contributed by atoms with van der Waals surface area (Å²) in [6.45, 7) is 6.62. The minimum atomic E-state index is 0.203. The Morgan fingerprint density at radius 1 is 1.33 bits per heavy atom. The average Bonchev–Trinajstić information content (AvgIpc) is 2.18. The lowest BCUT2D eigenvalue weighted by Gasteiger charge is -2.24. The van der Waals surface area contributed by atoms with Crippen molar-refractivity contribution >= 4 is 0 Å². The van der Waals surface area contributed by atoms with Crippen LogP contribution in [0, 0.1) is 0 Å². The zero-order valence-corrected chi connectivity index (χ0v) is 8.04. The molecule has 66 valence electrons. The zero-order chi connectivity index (χ0) is 9.03. The Kier molecular flexibility index (Phi) is 2.79. The van der Waals surface area contributed by atoms with E-state index in [1.165, 1.54) is 0 Å². The molecule has 0 saturated carbocycles. The predicted molar refractivity (Wildman–Crippen MR) is 50.0 cm³/mol. The lowest BCUT2D eigenvalue weighted by molar-refractivity contribution is 0.421. The molecule has 0 unspecified atom stereocenters. The molecule has 1 aromatic heterocycles. The van der Waals surface area contributed by atoms with Gasteiger partial charge in [-0.15, -0.1) is 0 Å². The maximum atomic E-state index is 4.14. The van der Waals surface area contributed by atoms with Crippen LogP contribution in [0.5, 0.6) is 0 Å². The number of hydrogen-bond acceptors (Lipinski definition) is 2. The maximum absolute atomic E-state index is 4.14. The number of rotatable bonds is 3. The first-order valence-corrected chi connectivity index (χ1v) is 4.51.